The Morgan fingerprint density at radius 3 is 2.38 bits per heavy atom. The Morgan fingerprint density at radius 2 is 1.81 bits per heavy atom. The van der Waals surface area contributed by atoms with E-state index in [0.29, 0.717) is 11.3 Å². The summed E-state index contributed by atoms with van der Waals surface area (Å²) in [5.41, 5.74) is 1.28. The molecule has 0 unspecified atom stereocenters. The fourth-order valence-electron chi connectivity index (χ4n) is 3.44. The molecule has 0 radical (unpaired) electrons. The molecule has 1 N–H and O–H groups in total. The lowest BCUT2D eigenvalue weighted by molar-refractivity contribution is -0.111. The van der Waals surface area contributed by atoms with Crippen LogP contribution in [0.4, 0.5) is 14.6 Å². The normalized spacial score (nSPS) is 21.5. The molecule has 0 spiro atoms. The van der Waals surface area contributed by atoms with Crippen LogP contribution >= 0.6 is 0 Å². The summed E-state index contributed by atoms with van der Waals surface area (Å²) in [5, 5.41) is 2.63. The molecule has 32 heavy (non-hydrogen) atoms. The van der Waals surface area contributed by atoms with E-state index in [-0.39, 0.29) is 41.5 Å². The van der Waals surface area contributed by atoms with Gasteiger partial charge in [-0.3, -0.25) is 9.78 Å². The Bertz CT molecular complexity index is 1060. The van der Waals surface area contributed by atoms with Crippen LogP contribution in [-0.4, -0.2) is 56.1 Å². The Balaban J connectivity index is 1.90. The van der Waals surface area contributed by atoms with Crippen molar-refractivity contribution in [2.45, 2.75) is 37.0 Å². The second-order valence-corrected chi connectivity index (χ2v) is 9.79. The molecule has 1 aromatic heterocycles. The molecule has 1 heterocycles. The number of sulfone groups is 1. The molecule has 1 aliphatic carbocycles. The average Bonchev–Trinajstić information content (AvgIpc) is 3.09. The fraction of sp³-hybridized carbons (Fsp3) is 0.409. The first kappa shape index (κ1) is 23.9. The number of halogens is 2. The van der Waals surface area contributed by atoms with Gasteiger partial charge in [0.05, 0.1) is 35.3 Å². The number of hydrogen-bond donors (Lipinski definition) is 1. The molecule has 3 atom stereocenters. The zero-order valence-electron chi connectivity index (χ0n) is 17.8. The number of allylic oxidation sites excluding steroid dienone is 1. The van der Waals surface area contributed by atoms with E-state index in [2.05, 4.69) is 15.3 Å². The second-order valence-electron chi connectivity index (χ2n) is 7.68. The quantitative estimate of drug-likeness (QED) is 0.601. The van der Waals surface area contributed by atoms with E-state index in [1.807, 2.05) is 0 Å². The maximum Gasteiger partial charge on any atom is 0.257 e. The molecule has 2 aromatic rings. The molecule has 1 fully saturated rings. The van der Waals surface area contributed by atoms with Gasteiger partial charge in [0.2, 0.25) is 0 Å². The van der Waals surface area contributed by atoms with Gasteiger partial charge in [-0.15, -0.1) is 0 Å². The van der Waals surface area contributed by atoms with Crippen LogP contribution in [0.2, 0.25) is 0 Å². The third-order valence-electron chi connectivity index (χ3n) is 5.20. The molecule has 1 amide bonds. The van der Waals surface area contributed by atoms with E-state index in [0.717, 1.165) is 0 Å². The highest BCUT2D eigenvalue weighted by atomic mass is 32.2. The van der Waals surface area contributed by atoms with Crippen LogP contribution in [0.1, 0.15) is 24.1 Å². The van der Waals surface area contributed by atoms with E-state index in [1.165, 1.54) is 49.8 Å². The lowest BCUT2D eigenvalue weighted by Crippen LogP contribution is -2.16. The van der Waals surface area contributed by atoms with Gasteiger partial charge in [-0.1, -0.05) is 18.2 Å². The Kier molecular flexibility index (Phi) is 7.68. The van der Waals surface area contributed by atoms with Crippen molar-refractivity contribution in [2.75, 3.05) is 24.8 Å². The van der Waals surface area contributed by atoms with E-state index < -0.39 is 34.0 Å². The molecular weight excluding hydrogens is 440 g/mol. The smallest absolute Gasteiger partial charge is 0.257 e. The number of amides is 1. The molecule has 1 saturated carbocycles. The van der Waals surface area contributed by atoms with Crippen LogP contribution in [-0.2, 0) is 19.4 Å². The number of rotatable bonds is 8. The molecule has 3 rings (SSSR count). The standard InChI is InChI=1S/C22H25F2N3O4S/c1-14-12-26-21(13-25-14)27-22(28)18(9-15-10-19(23)20(24)11-15)16-3-5-17(6-4-16)32(29,30)8-7-31-2/h3-6,9,12-13,15,19-20H,7-8,10-11H2,1-2H3,(H,26,27,28)/b18-9+/t15-,19+,20-. The summed E-state index contributed by atoms with van der Waals surface area (Å²) in [5.74, 6) is -0.940. The van der Waals surface area contributed by atoms with Crippen LogP contribution in [0.3, 0.4) is 0 Å². The number of nitrogens with one attached hydrogen (secondary N) is 1. The minimum atomic E-state index is -3.54. The van der Waals surface area contributed by atoms with Crippen molar-refractivity contribution < 1.29 is 26.7 Å². The van der Waals surface area contributed by atoms with Crippen LogP contribution in [0.25, 0.3) is 5.57 Å². The van der Waals surface area contributed by atoms with Crippen molar-refractivity contribution in [3.63, 3.8) is 0 Å². The van der Waals surface area contributed by atoms with E-state index in [1.54, 1.807) is 6.92 Å². The van der Waals surface area contributed by atoms with Crippen LogP contribution < -0.4 is 5.32 Å². The number of ether oxygens (including phenoxy) is 1. The van der Waals surface area contributed by atoms with Crippen molar-refractivity contribution in [1.82, 2.24) is 9.97 Å². The highest BCUT2D eigenvalue weighted by Gasteiger charge is 2.34. The van der Waals surface area contributed by atoms with Gasteiger partial charge in [0.15, 0.2) is 15.7 Å². The largest absolute Gasteiger partial charge is 0.384 e. The van der Waals surface area contributed by atoms with E-state index in [9.17, 15) is 22.0 Å². The van der Waals surface area contributed by atoms with Crippen molar-refractivity contribution in [3.05, 3.63) is 54.0 Å². The van der Waals surface area contributed by atoms with Gasteiger partial charge >= 0.3 is 0 Å². The minimum Gasteiger partial charge on any atom is -0.384 e. The van der Waals surface area contributed by atoms with Gasteiger partial charge in [-0.2, -0.15) is 0 Å². The molecule has 172 valence electrons. The first-order chi connectivity index (χ1) is 15.2. The Labute approximate surface area is 185 Å². The lowest BCUT2D eigenvalue weighted by Gasteiger charge is -2.12. The second kappa shape index (κ2) is 10.3. The number of alkyl halides is 2. The van der Waals surface area contributed by atoms with Gasteiger partial charge in [0.25, 0.3) is 5.91 Å². The first-order valence-electron chi connectivity index (χ1n) is 10.1. The molecular formula is C22H25F2N3O4S. The zero-order chi connectivity index (χ0) is 23.3. The molecule has 1 aromatic carbocycles. The van der Waals surface area contributed by atoms with Gasteiger partial charge in [-0.05, 0) is 43.4 Å². The lowest BCUT2D eigenvalue weighted by atomic mass is 9.98. The van der Waals surface area contributed by atoms with Gasteiger partial charge in [-0.25, -0.2) is 22.2 Å². The summed E-state index contributed by atoms with van der Waals surface area (Å²) in [6, 6.07) is 5.80. The molecule has 7 nitrogen and oxygen atoms in total. The van der Waals surface area contributed by atoms with Gasteiger partial charge < -0.3 is 10.1 Å². The number of carbonyl (C=O) groups excluding carboxylic acids is 1. The predicted molar refractivity (Wildman–Crippen MR) is 116 cm³/mol. The Morgan fingerprint density at radius 1 is 1.16 bits per heavy atom. The summed E-state index contributed by atoms with van der Waals surface area (Å²) >= 11 is 0. The number of anilines is 1. The van der Waals surface area contributed by atoms with Crippen molar-refractivity contribution in [3.8, 4) is 0 Å². The number of carbonyl (C=O) groups is 1. The van der Waals surface area contributed by atoms with E-state index in [4.69, 9.17) is 4.74 Å². The third-order valence-corrected chi connectivity index (χ3v) is 6.89. The van der Waals surface area contributed by atoms with Crippen molar-refractivity contribution >= 4 is 27.1 Å². The molecule has 0 saturated heterocycles. The zero-order valence-corrected chi connectivity index (χ0v) is 18.6. The molecule has 1 aliphatic rings. The number of nitrogens with zero attached hydrogens (tertiary/aromatic N) is 2. The van der Waals surface area contributed by atoms with Crippen LogP contribution in [0.5, 0.6) is 0 Å². The topological polar surface area (TPSA) is 98.2 Å². The minimum absolute atomic E-state index is 0.0221. The summed E-state index contributed by atoms with van der Waals surface area (Å²) < 4.78 is 56.9. The third kappa shape index (κ3) is 5.95. The SMILES string of the molecule is COCCS(=O)(=O)c1ccc(/C(=C\[C@H]2C[C@@H](F)[C@@H](F)C2)C(=O)Nc2cnc(C)cn2)cc1. The van der Waals surface area contributed by atoms with E-state index >= 15 is 0 Å². The summed E-state index contributed by atoms with van der Waals surface area (Å²) in [6.45, 7) is 1.82. The number of aromatic nitrogens is 2. The highest BCUT2D eigenvalue weighted by Crippen LogP contribution is 2.34. The molecule has 0 aliphatic heterocycles. The number of benzene rings is 1. The average molecular weight is 466 g/mol. The number of hydrogen-bond acceptors (Lipinski definition) is 6. The van der Waals surface area contributed by atoms with Crippen LogP contribution in [0.15, 0.2) is 47.6 Å². The Hall–Kier alpha value is -2.72. The summed E-state index contributed by atoms with van der Waals surface area (Å²) in [7, 11) is -2.12. The number of aryl methyl sites for hydroxylation is 1. The van der Waals surface area contributed by atoms with Gasteiger partial charge in [0, 0.05) is 12.7 Å². The predicted octanol–water partition coefficient (Wildman–Crippen LogP) is 3.31. The monoisotopic (exact) mass is 465 g/mol. The molecule has 0 bridgehead atoms. The first-order valence-corrected chi connectivity index (χ1v) is 11.8. The summed E-state index contributed by atoms with van der Waals surface area (Å²) in [6.07, 6.45) is 1.25. The maximum atomic E-state index is 13.7. The van der Waals surface area contributed by atoms with Crippen molar-refractivity contribution in [2.24, 2.45) is 5.92 Å². The summed E-state index contributed by atoms with van der Waals surface area (Å²) in [4.78, 5) is 21.3. The maximum absolute atomic E-state index is 13.7. The van der Waals surface area contributed by atoms with Gasteiger partial charge in [0.1, 0.15) is 12.3 Å². The molecule has 10 heteroatoms. The highest BCUT2D eigenvalue weighted by molar-refractivity contribution is 7.91. The fourth-order valence-corrected chi connectivity index (χ4v) is 4.61. The van der Waals surface area contributed by atoms with Crippen LogP contribution in [0, 0.1) is 12.8 Å². The number of methoxy groups -OCH3 is 1. The van der Waals surface area contributed by atoms with Crippen molar-refractivity contribution in [1.29, 1.82) is 0 Å².